The van der Waals surface area contributed by atoms with Crippen molar-refractivity contribution >= 4 is 82.8 Å². The fraction of sp³-hybridized carbons (Fsp3) is 0. The van der Waals surface area contributed by atoms with Crippen LogP contribution in [0.3, 0.4) is 0 Å². The SMILES string of the molecule is O=C(NSC(=O)c1ccc2ncccc2c1)Nc1cccc2cc3c(ccc4cc5ccccc5cc43)cc12. The van der Waals surface area contributed by atoms with Crippen LogP contribution in [-0.4, -0.2) is 16.1 Å². The highest BCUT2D eigenvalue weighted by Crippen LogP contribution is 2.34. The Kier molecular flexibility index (Phi) is 5.60. The summed E-state index contributed by atoms with van der Waals surface area (Å²) in [5, 5.41) is 12.6. The number of hydrogen-bond donors (Lipinski definition) is 2. The van der Waals surface area contributed by atoms with Gasteiger partial charge in [-0.25, -0.2) is 4.79 Å². The molecule has 0 atom stereocenters. The molecule has 0 saturated heterocycles. The highest BCUT2D eigenvalue weighted by molar-refractivity contribution is 8.12. The number of aromatic nitrogens is 1. The summed E-state index contributed by atoms with van der Waals surface area (Å²) in [7, 11) is 0. The number of rotatable bonds is 2. The molecule has 0 aliphatic carbocycles. The van der Waals surface area contributed by atoms with Crippen molar-refractivity contribution in [2.75, 3.05) is 5.32 Å². The lowest BCUT2D eigenvalue weighted by Crippen LogP contribution is -2.24. The number of carbonyl (C=O) groups excluding carboxylic acids is 2. The molecule has 6 aromatic carbocycles. The number of nitrogens with zero attached hydrogens (tertiary/aromatic N) is 1. The Morgan fingerprint density at radius 3 is 2.10 bits per heavy atom. The summed E-state index contributed by atoms with van der Waals surface area (Å²) in [5.74, 6) is 0. The van der Waals surface area contributed by atoms with E-state index in [1.807, 2.05) is 30.3 Å². The van der Waals surface area contributed by atoms with Crippen LogP contribution >= 0.6 is 11.9 Å². The Bertz CT molecular complexity index is 2110. The number of hydrogen-bond acceptors (Lipinski definition) is 4. The third-order valence-electron chi connectivity index (χ3n) is 7.02. The van der Waals surface area contributed by atoms with Crippen molar-refractivity contribution in [3.05, 3.63) is 121 Å². The fourth-order valence-electron chi connectivity index (χ4n) is 5.13. The molecule has 0 saturated carbocycles. The number of fused-ring (bicyclic) bond motifs is 6. The molecule has 0 unspecified atom stereocenters. The number of amides is 2. The molecule has 2 N–H and O–H groups in total. The molecule has 7 rings (SSSR count). The third-order valence-corrected chi connectivity index (χ3v) is 7.73. The molecule has 0 bridgehead atoms. The maximum absolute atomic E-state index is 12.8. The standard InChI is InChI=1S/C33H21N3O2S/c37-32(26-12-13-30-25(16-26)8-4-14-34-30)39-36-33(38)35-31-9-3-7-22-18-28-24(19-29(22)31)11-10-23-15-20-5-1-2-6-21(20)17-27(23)28/h1-19H,(H2,35,36,38). The van der Waals surface area contributed by atoms with Crippen LogP contribution in [0.5, 0.6) is 0 Å². The van der Waals surface area contributed by atoms with Crippen LogP contribution in [0.1, 0.15) is 10.4 Å². The van der Waals surface area contributed by atoms with E-state index in [-0.39, 0.29) is 5.12 Å². The Labute approximate surface area is 228 Å². The topological polar surface area (TPSA) is 71.1 Å². The number of nitrogens with one attached hydrogen (secondary N) is 2. The largest absolute Gasteiger partial charge is 0.329 e. The molecule has 0 fully saturated rings. The van der Waals surface area contributed by atoms with Gasteiger partial charge in [-0.2, -0.15) is 0 Å². The molecule has 1 heterocycles. The van der Waals surface area contributed by atoms with Crippen molar-refractivity contribution in [3.63, 3.8) is 0 Å². The second-order valence-corrected chi connectivity index (χ2v) is 10.2. The van der Waals surface area contributed by atoms with Crippen molar-refractivity contribution in [3.8, 4) is 0 Å². The van der Waals surface area contributed by atoms with E-state index in [0.29, 0.717) is 11.3 Å². The van der Waals surface area contributed by atoms with Crippen LogP contribution in [0, 0.1) is 0 Å². The third kappa shape index (κ3) is 4.31. The van der Waals surface area contributed by atoms with Crippen molar-refractivity contribution in [1.82, 2.24) is 9.71 Å². The Hall–Kier alpha value is -4.94. The van der Waals surface area contributed by atoms with E-state index in [2.05, 4.69) is 75.7 Å². The summed E-state index contributed by atoms with van der Waals surface area (Å²) in [5.41, 5.74) is 1.99. The first-order chi connectivity index (χ1) is 19.1. The van der Waals surface area contributed by atoms with Crippen LogP contribution < -0.4 is 10.0 Å². The predicted molar refractivity (Wildman–Crippen MR) is 162 cm³/mol. The quantitative estimate of drug-likeness (QED) is 0.135. The lowest BCUT2D eigenvalue weighted by molar-refractivity contribution is 0.108. The van der Waals surface area contributed by atoms with E-state index in [4.69, 9.17) is 0 Å². The van der Waals surface area contributed by atoms with Gasteiger partial charge in [-0.3, -0.25) is 14.5 Å². The number of anilines is 1. The zero-order valence-electron chi connectivity index (χ0n) is 20.6. The average Bonchev–Trinajstić information content (AvgIpc) is 2.98. The van der Waals surface area contributed by atoms with Crippen LogP contribution in [-0.2, 0) is 0 Å². The minimum Gasteiger partial charge on any atom is -0.307 e. The zero-order chi connectivity index (χ0) is 26.3. The summed E-state index contributed by atoms with van der Waals surface area (Å²) in [6.07, 6.45) is 1.71. The van der Waals surface area contributed by atoms with Gasteiger partial charge < -0.3 is 5.32 Å². The Morgan fingerprint density at radius 1 is 0.590 bits per heavy atom. The Morgan fingerprint density at radius 2 is 1.26 bits per heavy atom. The zero-order valence-corrected chi connectivity index (χ0v) is 21.5. The molecular formula is C33H21N3O2S. The number of carbonyl (C=O) groups is 2. The molecule has 7 aromatic rings. The first kappa shape index (κ1) is 23.2. The van der Waals surface area contributed by atoms with Crippen molar-refractivity contribution in [2.45, 2.75) is 0 Å². The first-order valence-corrected chi connectivity index (χ1v) is 13.3. The summed E-state index contributed by atoms with van der Waals surface area (Å²) in [6, 6.07) is 35.8. The van der Waals surface area contributed by atoms with Crippen molar-refractivity contribution < 1.29 is 9.59 Å². The van der Waals surface area contributed by atoms with Gasteiger partial charge >= 0.3 is 6.03 Å². The van der Waals surface area contributed by atoms with E-state index in [9.17, 15) is 9.59 Å². The second-order valence-electron chi connectivity index (χ2n) is 9.44. The van der Waals surface area contributed by atoms with Gasteiger partial charge in [-0.15, -0.1) is 0 Å². The average molecular weight is 524 g/mol. The van der Waals surface area contributed by atoms with Crippen LogP contribution in [0.4, 0.5) is 10.5 Å². The number of benzene rings is 6. The monoisotopic (exact) mass is 523 g/mol. The molecule has 0 aliphatic rings. The normalized spacial score (nSPS) is 11.4. The van der Waals surface area contributed by atoms with Gasteiger partial charge in [0.05, 0.1) is 11.2 Å². The minimum absolute atomic E-state index is 0.251. The molecule has 0 spiro atoms. The molecule has 186 valence electrons. The highest BCUT2D eigenvalue weighted by atomic mass is 32.2. The lowest BCUT2D eigenvalue weighted by atomic mass is 9.95. The van der Waals surface area contributed by atoms with Gasteiger partial charge in [0.1, 0.15) is 0 Å². The maximum atomic E-state index is 12.8. The molecular weight excluding hydrogens is 502 g/mol. The fourth-order valence-corrected chi connectivity index (χ4v) is 5.61. The summed E-state index contributed by atoms with van der Waals surface area (Å²) in [4.78, 5) is 29.7. The first-order valence-electron chi connectivity index (χ1n) is 12.5. The van der Waals surface area contributed by atoms with Crippen LogP contribution in [0.25, 0.3) is 54.0 Å². The number of pyridine rings is 1. The maximum Gasteiger partial charge on any atom is 0.329 e. The van der Waals surface area contributed by atoms with Crippen LogP contribution in [0.15, 0.2) is 115 Å². The second kappa shape index (κ2) is 9.42. The molecule has 0 radical (unpaired) electrons. The molecule has 2 amide bonds. The van der Waals surface area contributed by atoms with Crippen molar-refractivity contribution in [1.29, 1.82) is 0 Å². The van der Waals surface area contributed by atoms with E-state index >= 15 is 0 Å². The molecule has 6 heteroatoms. The lowest BCUT2D eigenvalue weighted by Gasteiger charge is -2.12. The van der Waals surface area contributed by atoms with Gasteiger partial charge in [-0.1, -0.05) is 54.6 Å². The van der Waals surface area contributed by atoms with E-state index in [0.717, 1.165) is 39.0 Å². The summed E-state index contributed by atoms with van der Waals surface area (Å²) >= 11 is 0.754. The Balaban J connectivity index is 1.15. The highest BCUT2D eigenvalue weighted by Gasteiger charge is 2.13. The van der Waals surface area contributed by atoms with Gasteiger partial charge in [0.25, 0.3) is 0 Å². The molecule has 0 aliphatic heterocycles. The van der Waals surface area contributed by atoms with Gasteiger partial charge in [0, 0.05) is 34.5 Å². The van der Waals surface area contributed by atoms with Gasteiger partial charge in [0.15, 0.2) is 0 Å². The molecule has 39 heavy (non-hydrogen) atoms. The molecule has 5 nitrogen and oxygen atoms in total. The number of urea groups is 1. The minimum atomic E-state index is -0.464. The predicted octanol–water partition coefficient (Wildman–Crippen LogP) is 8.46. The van der Waals surface area contributed by atoms with E-state index in [1.54, 1.807) is 24.4 Å². The van der Waals surface area contributed by atoms with Gasteiger partial charge in [0.2, 0.25) is 5.12 Å². The van der Waals surface area contributed by atoms with E-state index < -0.39 is 6.03 Å². The van der Waals surface area contributed by atoms with Crippen molar-refractivity contribution in [2.24, 2.45) is 0 Å². The summed E-state index contributed by atoms with van der Waals surface area (Å²) in [6.45, 7) is 0. The van der Waals surface area contributed by atoms with Gasteiger partial charge in [-0.05, 0) is 92.3 Å². The summed E-state index contributed by atoms with van der Waals surface area (Å²) < 4.78 is 2.62. The van der Waals surface area contributed by atoms with E-state index in [1.165, 1.54) is 26.9 Å². The van der Waals surface area contributed by atoms with Crippen LogP contribution in [0.2, 0.25) is 0 Å². The smallest absolute Gasteiger partial charge is 0.307 e. The molecule has 1 aromatic heterocycles.